The summed E-state index contributed by atoms with van der Waals surface area (Å²) >= 11 is 7.47. The third-order valence-electron chi connectivity index (χ3n) is 3.25. The third kappa shape index (κ3) is 3.19. The van der Waals surface area contributed by atoms with Crippen molar-refractivity contribution in [3.63, 3.8) is 0 Å². The lowest BCUT2D eigenvalue weighted by molar-refractivity contribution is 0.0448. The number of halogens is 1. The smallest absolute Gasteiger partial charge is 0.110 e. The van der Waals surface area contributed by atoms with Crippen molar-refractivity contribution < 1.29 is 5.11 Å². The number of hydrogen-bond donors (Lipinski definition) is 1. The van der Waals surface area contributed by atoms with Crippen LogP contribution in [0, 0.1) is 0 Å². The van der Waals surface area contributed by atoms with Crippen LogP contribution in [0.25, 0.3) is 0 Å². The summed E-state index contributed by atoms with van der Waals surface area (Å²) in [7, 11) is 0. The zero-order valence-corrected chi connectivity index (χ0v) is 11.7. The molecule has 2 atom stereocenters. The van der Waals surface area contributed by atoms with Crippen LogP contribution in [0.5, 0.6) is 0 Å². The molecule has 0 aromatic carbocycles. The second-order valence-electron chi connectivity index (χ2n) is 4.53. The van der Waals surface area contributed by atoms with Crippen LogP contribution in [-0.4, -0.2) is 34.2 Å². The van der Waals surface area contributed by atoms with Crippen LogP contribution in [0.4, 0.5) is 0 Å². The van der Waals surface area contributed by atoms with E-state index in [0.717, 1.165) is 43.1 Å². The Morgan fingerprint density at radius 2 is 2.53 bits per heavy atom. The van der Waals surface area contributed by atoms with Gasteiger partial charge in [-0.3, -0.25) is 4.90 Å². The van der Waals surface area contributed by atoms with Gasteiger partial charge in [0, 0.05) is 11.9 Å². The highest BCUT2D eigenvalue weighted by atomic mass is 35.5. The van der Waals surface area contributed by atoms with Gasteiger partial charge in [-0.15, -0.1) is 22.9 Å². The lowest BCUT2D eigenvalue weighted by atomic mass is 10.0. The molecule has 0 amide bonds. The molecular weight excluding hydrogens is 256 g/mol. The highest BCUT2D eigenvalue weighted by molar-refractivity contribution is 7.09. The molecule has 1 aromatic heterocycles. The molecule has 0 spiro atoms. The summed E-state index contributed by atoms with van der Waals surface area (Å²) in [5.74, 6) is 0.482. The molecule has 3 nitrogen and oxygen atoms in total. The summed E-state index contributed by atoms with van der Waals surface area (Å²) in [6.07, 6.45) is 2.86. The predicted molar refractivity (Wildman–Crippen MR) is 71.5 cm³/mol. The van der Waals surface area contributed by atoms with Gasteiger partial charge in [0.25, 0.3) is 0 Å². The predicted octanol–water partition coefficient (Wildman–Crippen LogP) is 2.79. The number of nitrogens with zero attached hydrogens (tertiary/aromatic N) is 2. The van der Waals surface area contributed by atoms with Gasteiger partial charge in [-0.1, -0.05) is 6.92 Å². The van der Waals surface area contributed by atoms with Gasteiger partial charge in [0.2, 0.25) is 0 Å². The SMILES string of the molecule is CCC(c1nc(CCl)cs1)N1CCCC(O)C1. The van der Waals surface area contributed by atoms with Crippen LogP contribution < -0.4 is 0 Å². The standard InChI is InChI=1S/C12H19ClN2OS/c1-2-11(12-14-9(6-13)8-17-12)15-5-3-4-10(16)7-15/h8,10-11,16H,2-7H2,1H3. The monoisotopic (exact) mass is 274 g/mol. The molecule has 5 heteroatoms. The average molecular weight is 275 g/mol. The molecule has 1 aliphatic rings. The van der Waals surface area contributed by atoms with Gasteiger partial charge >= 0.3 is 0 Å². The molecule has 96 valence electrons. The first-order valence-electron chi connectivity index (χ1n) is 6.17. The van der Waals surface area contributed by atoms with E-state index in [1.165, 1.54) is 0 Å². The molecule has 0 radical (unpaired) electrons. The maximum Gasteiger partial charge on any atom is 0.110 e. The number of β-amino-alcohol motifs (C(OH)–C–C–N with tert-alkyl or cyclic N) is 1. The summed E-state index contributed by atoms with van der Waals surface area (Å²) in [5.41, 5.74) is 0.961. The van der Waals surface area contributed by atoms with Gasteiger partial charge < -0.3 is 5.11 Å². The molecular formula is C12H19ClN2OS. The fourth-order valence-electron chi connectivity index (χ4n) is 2.39. The van der Waals surface area contributed by atoms with E-state index in [1.54, 1.807) is 11.3 Å². The average Bonchev–Trinajstić information content (AvgIpc) is 2.79. The molecule has 1 aromatic rings. The topological polar surface area (TPSA) is 36.4 Å². The summed E-state index contributed by atoms with van der Waals surface area (Å²) in [6.45, 7) is 4.01. The molecule has 2 unspecified atom stereocenters. The Kier molecular flexibility index (Phi) is 4.79. The molecule has 0 aliphatic carbocycles. The first kappa shape index (κ1) is 13.3. The van der Waals surface area contributed by atoms with Crippen LogP contribution in [0.2, 0.25) is 0 Å². The second kappa shape index (κ2) is 6.14. The van der Waals surface area contributed by atoms with Crippen molar-refractivity contribution in [3.8, 4) is 0 Å². The molecule has 0 bridgehead atoms. The zero-order valence-electron chi connectivity index (χ0n) is 10.1. The van der Waals surface area contributed by atoms with E-state index in [-0.39, 0.29) is 6.10 Å². The lowest BCUT2D eigenvalue weighted by Gasteiger charge is -2.35. The Bertz CT molecular complexity index is 358. The highest BCUT2D eigenvalue weighted by Gasteiger charge is 2.26. The van der Waals surface area contributed by atoms with E-state index in [4.69, 9.17) is 11.6 Å². The Balaban J connectivity index is 2.09. The van der Waals surface area contributed by atoms with Crippen molar-refractivity contribution in [3.05, 3.63) is 16.1 Å². The van der Waals surface area contributed by atoms with Crippen molar-refractivity contribution in [2.45, 2.75) is 44.2 Å². The number of likely N-dealkylation sites (tertiary alicyclic amines) is 1. The molecule has 2 rings (SSSR count). The summed E-state index contributed by atoms with van der Waals surface area (Å²) in [6, 6.07) is 0.340. The van der Waals surface area contributed by atoms with Crippen molar-refractivity contribution in [1.29, 1.82) is 0 Å². The van der Waals surface area contributed by atoms with Crippen LogP contribution in [0.3, 0.4) is 0 Å². The van der Waals surface area contributed by atoms with E-state index >= 15 is 0 Å². The number of thiazole rings is 1. The van der Waals surface area contributed by atoms with Crippen molar-refractivity contribution in [2.24, 2.45) is 0 Å². The number of alkyl halides is 1. The minimum atomic E-state index is -0.176. The van der Waals surface area contributed by atoms with Gasteiger partial charge in [-0.2, -0.15) is 0 Å². The van der Waals surface area contributed by atoms with Gasteiger partial charge in [0.05, 0.1) is 23.7 Å². The lowest BCUT2D eigenvalue weighted by Crippen LogP contribution is -2.40. The van der Waals surface area contributed by atoms with E-state index in [2.05, 4.69) is 16.8 Å². The Hall–Kier alpha value is -0.160. The fourth-order valence-corrected chi connectivity index (χ4v) is 3.66. The van der Waals surface area contributed by atoms with Gasteiger partial charge in [-0.25, -0.2) is 4.98 Å². The molecule has 1 N–H and O–H groups in total. The van der Waals surface area contributed by atoms with Gasteiger partial charge in [0.1, 0.15) is 5.01 Å². The van der Waals surface area contributed by atoms with Crippen LogP contribution in [0.15, 0.2) is 5.38 Å². The van der Waals surface area contributed by atoms with Gasteiger partial charge in [0.15, 0.2) is 0 Å². The maximum absolute atomic E-state index is 9.74. The Morgan fingerprint density at radius 1 is 1.71 bits per heavy atom. The number of piperidine rings is 1. The van der Waals surface area contributed by atoms with E-state index in [1.807, 2.05) is 5.38 Å². The maximum atomic E-state index is 9.74. The molecule has 1 fully saturated rings. The third-order valence-corrected chi connectivity index (χ3v) is 4.52. The normalized spacial score (nSPS) is 23.8. The van der Waals surface area contributed by atoms with Gasteiger partial charge in [-0.05, 0) is 25.8 Å². The Labute approximate surface area is 111 Å². The molecule has 2 heterocycles. The summed E-state index contributed by atoms with van der Waals surface area (Å²) < 4.78 is 0. The van der Waals surface area contributed by atoms with Crippen molar-refractivity contribution >= 4 is 22.9 Å². The number of rotatable bonds is 4. The highest BCUT2D eigenvalue weighted by Crippen LogP contribution is 2.29. The second-order valence-corrected chi connectivity index (χ2v) is 5.68. The number of aliphatic hydroxyl groups is 1. The van der Waals surface area contributed by atoms with E-state index < -0.39 is 0 Å². The quantitative estimate of drug-likeness (QED) is 0.858. The molecule has 0 saturated carbocycles. The summed E-state index contributed by atoms with van der Waals surface area (Å²) in [5, 5.41) is 12.9. The summed E-state index contributed by atoms with van der Waals surface area (Å²) in [4.78, 5) is 6.92. The van der Waals surface area contributed by atoms with E-state index in [0.29, 0.717) is 11.9 Å². The Morgan fingerprint density at radius 3 is 3.12 bits per heavy atom. The van der Waals surface area contributed by atoms with Crippen molar-refractivity contribution in [2.75, 3.05) is 13.1 Å². The molecule has 1 aliphatic heterocycles. The number of aromatic nitrogens is 1. The number of hydrogen-bond acceptors (Lipinski definition) is 4. The fraction of sp³-hybridized carbons (Fsp3) is 0.750. The van der Waals surface area contributed by atoms with Crippen LogP contribution >= 0.6 is 22.9 Å². The first-order chi connectivity index (χ1) is 8.24. The van der Waals surface area contributed by atoms with Crippen LogP contribution in [0.1, 0.15) is 42.9 Å². The van der Waals surface area contributed by atoms with Crippen LogP contribution in [-0.2, 0) is 5.88 Å². The minimum Gasteiger partial charge on any atom is -0.392 e. The molecule has 1 saturated heterocycles. The van der Waals surface area contributed by atoms with Crippen molar-refractivity contribution in [1.82, 2.24) is 9.88 Å². The number of aliphatic hydroxyl groups excluding tert-OH is 1. The minimum absolute atomic E-state index is 0.176. The van der Waals surface area contributed by atoms with E-state index in [9.17, 15) is 5.11 Å². The first-order valence-corrected chi connectivity index (χ1v) is 7.58. The zero-order chi connectivity index (χ0) is 12.3. The molecule has 17 heavy (non-hydrogen) atoms. The largest absolute Gasteiger partial charge is 0.392 e.